The van der Waals surface area contributed by atoms with Crippen LogP contribution in [0.15, 0.2) is 24.4 Å². The number of hydrogen-bond donors (Lipinski definition) is 1. The molecular formula is C19H25N3O3. The normalized spacial score (nSPS) is 19.2. The number of nitrogens with zero attached hydrogens (tertiary/aromatic N) is 2. The van der Waals surface area contributed by atoms with E-state index in [-0.39, 0.29) is 5.97 Å². The van der Waals surface area contributed by atoms with Crippen molar-refractivity contribution in [2.24, 2.45) is 5.41 Å². The molecule has 1 aromatic heterocycles. The fourth-order valence-electron chi connectivity index (χ4n) is 3.77. The number of carbonyl (C=O) groups excluding carboxylic acids is 1. The zero-order valence-corrected chi connectivity index (χ0v) is 14.9. The lowest BCUT2D eigenvalue weighted by Crippen LogP contribution is -2.66. The molecule has 0 bridgehead atoms. The minimum absolute atomic E-state index is 0.192. The number of likely N-dealkylation sites (tertiary alicyclic amines) is 1. The van der Waals surface area contributed by atoms with Gasteiger partial charge in [-0.2, -0.15) is 0 Å². The van der Waals surface area contributed by atoms with Crippen LogP contribution in [0.25, 0.3) is 10.9 Å². The Hall–Kier alpha value is -1.89. The Morgan fingerprint density at radius 2 is 2.16 bits per heavy atom. The smallest absolute Gasteiger partial charge is 0.325 e. The van der Waals surface area contributed by atoms with Crippen molar-refractivity contribution in [1.29, 1.82) is 0 Å². The molecule has 2 fully saturated rings. The van der Waals surface area contributed by atoms with Crippen LogP contribution in [0.5, 0.6) is 5.75 Å². The van der Waals surface area contributed by atoms with E-state index in [0.29, 0.717) is 17.7 Å². The number of carbonyl (C=O) groups is 1. The summed E-state index contributed by atoms with van der Waals surface area (Å²) in [5.74, 6) is 0.460. The number of ether oxygens (including phenoxy) is 2. The van der Waals surface area contributed by atoms with Gasteiger partial charge in [0.25, 0.3) is 0 Å². The van der Waals surface area contributed by atoms with Gasteiger partial charge in [0.15, 0.2) is 0 Å². The molecule has 1 N–H and O–H groups in total. The first kappa shape index (κ1) is 16.6. The summed E-state index contributed by atoms with van der Waals surface area (Å²) in [6.45, 7) is 4.82. The Morgan fingerprint density at radius 1 is 1.36 bits per heavy atom. The standard InChI is InChI=1S/C19H25N3O3/c1-21(2)7-6-14-8-20-15-4-3-5-16(18(14)15)25-17(23)9-22-10-19(11-22)12-24-13-19/h3-5,8,20H,6-7,9-13H2,1-2H3. The fraction of sp³-hybridized carbons (Fsp3) is 0.526. The fourth-order valence-corrected chi connectivity index (χ4v) is 3.77. The van der Waals surface area contributed by atoms with Crippen LogP contribution in [0.4, 0.5) is 0 Å². The van der Waals surface area contributed by atoms with Crippen molar-refractivity contribution >= 4 is 16.9 Å². The average molecular weight is 343 g/mol. The van der Waals surface area contributed by atoms with Crippen molar-refractivity contribution in [2.75, 3.05) is 53.5 Å². The second-order valence-electron chi connectivity index (χ2n) is 7.66. The third-order valence-electron chi connectivity index (χ3n) is 5.09. The summed E-state index contributed by atoms with van der Waals surface area (Å²) in [6.07, 6.45) is 2.93. The summed E-state index contributed by atoms with van der Waals surface area (Å²) in [7, 11) is 4.12. The molecule has 1 aromatic carbocycles. The summed E-state index contributed by atoms with van der Waals surface area (Å²) in [5.41, 5.74) is 2.51. The van der Waals surface area contributed by atoms with E-state index in [1.807, 2.05) is 24.4 Å². The topological polar surface area (TPSA) is 57.8 Å². The molecule has 2 aromatic rings. The number of rotatable bonds is 6. The zero-order valence-electron chi connectivity index (χ0n) is 14.9. The second kappa shape index (κ2) is 6.44. The molecule has 0 saturated carbocycles. The SMILES string of the molecule is CN(C)CCc1c[nH]c2cccc(OC(=O)CN3CC4(COC4)C3)c12. The lowest BCUT2D eigenvalue weighted by Gasteiger charge is -2.54. The van der Waals surface area contributed by atoms with E-state index in [1.54, 1.807) is 0 Å². The number of nitrogens with one attached hydrogen (secondary N) is 1. The van der Waals surface area contributed by atoms with Crippen molar-refractivity contribution in [3.8, 4) is 5.75 Å². The summed E-state index contributed by atoms with van der Waals surface area (Å²) in [5, 5.41) is 1.02. The largest absolute Gasteiger partial charge is 0.425 e. The first-order valence-corrected chi connectivity index (χ1v) is 8.79. The molecule has 0 atom stereocenters. The quantitative estimate of drug-likeness (QED) is 0.636. The van der Waals surface area contributed by atoms with Gasteiger partial charge in [0, 0.05) is 42.1 Å². The van der Waals surface area contributed by atoms with Crippen molar-refractivity contribution in [1.82, 2.24) is 14.8 Å². The third kappa shape index (κ3) is 3.29. The predicted molar refractivity (Wildman–Crippen MR) is 95.9 cm³/mol. The van der Waals surface area contributed by atoms with E-state index in [9.17, 15) is 4.79 Å². The van der Waals surface area contributed by atoms with Gasteiger partial charge >= 0.3 is 5.97 Å². The molecule has 2 saturated heterocycles. The molecule has 0 unspecified atom stereocenters. The monoisotopic (exact) mass is 343 g/mol. The van der Waals surface area contributed by atoms with Crippen LogP contribution < -0.4 is 4.74 Å². The van der Waals surface area contributed by atoms with Gasteiger partial charge in [-0.3, -0.25) is 9.69 Å². The van der Waals surface area contributed by atoms with Crippen molar-refractivity contribution < 1.29 is 14.3 Å². The lowest BCUT2D eigenvalue weighted by molar-refractivity contribution is -0.191. The van der Waals surface area contributed by atoms with Crippen LogP contribution in [0.1, 0.15) is 5.56 Å². The maximum absolute atomic E-state index is 12.4. The molecule has 6 nitrogen and oxygen atoms in total. The summed E-state index contributed by atoms with van der Waals surface area (Å²) >= 11 is 0. The van der Waals surface area contributed by atoms with Gasteiger partial charge < -0.3 is 19.4 Å². The van der Waals surface area contributed by atoms with E-state index in [4.69, 9.17) is 9.47 Å². The molecule has 0 amide bonds. The molecule has 0 radical (unpaired) electrons. The molecule has 4 rings (SSSR count). The van der Waals surface area contributed by atoms with Crippen LogP contribution in [0.3, 0.4) is 0 Å². The lowest BCUT2D eigenvalue weighted by atomic mass is 9.78. The number of hydrogen-bond acceptors (Lipinski definition) is 5. The number of esters is 1. The maximum atomic E-state index is 12.4. The highest BCUT2D eigenvalue weighted by Gasteiger charge is 2.49. The van der Waals surface area contributed by atoms with Crippen LogP contribution in [-0.4, -0.2) is 74.2 Å². The number of likely N-dealkylation sites (N-methyl/N-ethyl adjacent to an activating group) is 1. The zero-order chi connectivity index (χ0) is 17.4. The molecule has 25 heavy (non-hydrogen) atoms. The molecule has 6 heteroatoms. The number of benzene rings is 1. The molecule has 3 heterocycles. The minimum atomic E-state index is -0.192. The summed E-state index contributed by atoms with van der Waals surface area (Å²) < 4.78 is 11.0. The van der Waals surface area contributed by atoms with Gasteiger partial charge in [-0.15, -0.1) is 0 Å². The van der Waals surface area contributed by atoms with Gasteiger partial charge in [0.1, 0.15) is 5.75 Å². The van der Waals surface area contributed by atoms with Crippen LogP contribution in [0.2, 0.25) is 0 Å². The van der Waals surface area contributed by atoms with Gasteiger partial charge in [-0.05, 0) is 38.2 Å². The van der Waals surface area contributed by atoms with Crippen molar-refractivity contribution in [3.05, 3.63) is 30.0 Å². The van der Waals surface area contributed by atoms with E-state index in [0.717, 1.165) is 50.2 Å². The number of fused-ring (bicyclic) bond motifs is 1. The van der Waals surface area contributed by atoms with Crippen LogP contribution in [-0.2, 0) is 16.0 Å². The van der Waals surface area contributed by atoms with E-state index < -0.39 is 0 Å². The molecule has 134 valence electrons. The van der Waals surface area contributed by atoms with Crippen molar-refractivity contribution in [3.63, 3.8) is 0 Å². The van der Waals surface area contributed by atoms with E-state index in [1.165, 1.54) is 5.56 Å². The second-order valence-corrected chi connectivity index (χ2v) is 7.66. The molecule has 1 spiro atoms. The van der Waals surface area contributed by atoms with Gasteiger partial charge in [0.05, 0.1) is 19.8 Å². The first-order valence-electron chi connectivity index (χ1n) is 8.79. The maximum Gasteiger partial charge on any atom is 0.325 e. The molecule has 0 aliphatic carbocycles. The van der Waals surface area contributed by atoms with E-state index >= 15 is 0 Å². The number of aromatic nitrogens is 1. The minimum Gasteiger partial charge on any atom is -0.425 e. The molecular weight excluding hydrogens is 318 g/mol. The highest BCUT2D eigenvalue weighted by Crippen LogP contribution is 2.37. The van der Waals surface area contributed by atoms with Crippen LogP contribution in [0, 0.1) is 5.41 Å². The molecule has 2 aliphatic heterocycles. The predicted octanol–water partition coefficient (Wildman–Crippen LogP) is 1.51. The summed E-state index contributed by atoms with van der Waals surface area (Å²) in [4.78, 5) is 19.9. The first-order chi connectivity index (χ1) is 12.0. The Kier molecular flexibility index (Phi) is 4.27. The average Bonchev–Trinajstić information content (AvgIpc) is 2.91. The Bertz CT molecular complexity index is 771. The van der Waals surface area contributed by atoms with Crippen molar-refractivity contribution in [2.45, 2.75) is 6.42 Å². The van der Waals surface area contributed by atoms with Crippen LogP contribution >= 0.6 is 0 Å². The Balaban J connectivity index is 1.43. The van der Waals surface area contributed by atoms with E-state index in [2.05, 4.69) is 28.9 Å². The molecule has 2 aliphatic rings. The van der Waals surface area contributed by atoms with Gasteiger partial charge in [-0.1, -0.05) is 6.07 Å². The van der Waals surface area contributed by atoms with Gasteiger partial charge in [0.2, 0.25) is 0 Å². The Labute approximate surface area is 147 Å². The third-order valence-corrected chi connectivity index (χ3v) is 5.09. The van der Waals surface area contributed by atoms with Gasteiger partial charge in [-0.25, -0.2) is 0 Å². The Morgan fingerprint density at radius 3 is 2.84 bits per heavy atom. The highest BCUT2D eigenvalue weighted by molar-refractivity contribution is 5.91. The highest BCUT2D eigenvalue weighted by atomic mass is 16.5. The summed E-state index contributed by atoms with van der Waals surface area (Å²) in [6, 6.07) is 5.81. The number of aromatic amines is 1. The number of H-pyrrole nitrogens is 1.